The van der Waals surface area contributed by atoms with Crippen LogP contribution in [0, 0.1) is 5.82 Å². The van der Waals surface area contributed by atoms with Crippen LogP contribution in [-0.4, -0.2) is 31.7 Å². The summed E-state index contributed by atoms with van der Waals surface area (Å²) in [7, 11) is 1.22. The van der Waals surface area contributed by atoms with Gasteiger partial charge in [0.2, 0.25) is 0 Å². The van der Waals surface area contributed by atoms with Gasteiger partial charge >= 0.3 is 12.6 Å². The van der Waals surface area contributed by atoms with Gasteiger partial charge in [0.25, 0.3) is 5.91 Å². The number of rotatable bonds is 7. The molecule has 2 aromatic carbocycles. The molecule has 0 aliphatic heterocycles. The molecule has 0 radical (unpaired) electrons. The lowest BCUT2D eigenvalue weighted by molar-refractivity contribution is -0.123. The molecule has 9 heteroatoms. The zero-order chi connectivity index (χ0) is 20.0. The van der Waals surface area contributed by atoms with Gasteiger partial charge in [0.1, 0.15) is 5.82 Å². The minimum atomic E-state index is -3.05. The van der Waals surface area contributed by atoms with Gasteiger partial charge in [-0.1, -0.05) is 0 Å². The van der Waals surface area contributed by atoms with Gasteiger partial charge in [-0.25, -0.2) is 9.18 Å². The van der Waals surface area contributed by atoms with E-state index in [1.54, 1.807) is 0 Å². The highest BCUT2D eigenvalue weighted by Gasteiger charge is 2.21. The lowest BCUT2D eigenvalue weighted by Crippen LogP contribution is -2.30. The Morgan fingerprint density at radius 1 is 1.04 bits per heavy atom. The summed E-state index contributed by atoms with van der Waals surface area (Å²) < 4.78 is 51.7. The van der Waals surface area contributed by atoms with E-state index in [1.165, 1.54) is 44.4 Å². The minimum absolute atomic E-state index is 0.0186. The SMILES string of the molecule is COc1cc(C(=O)O[C@H](C)C(=O)Nc2ccc(F)cc2)ccc1OC(F)F. The first-order chi connectivity index (χ1) is 12.8. The summed E-state index contributed by atoms with van der Waals surface area (Å²) in [5, 5.41) is 2.47. The third-order valence-corrected chi connectivity index (χ3v) is 3.38. The summed E-state index contributed by atoms with van der Waals surface area (Å²) in [6.45, 7) is -1.70. The Labute approximate surface area is 152 Å². The molecule has 0 fully saturated rings. The Balaban J connectivity index is 2.02. The van der Waals surface area contributed by atoms with Crippen LogP contribution in [0.2, 0.25) is 0 Å². The summed E-state index contributed by atoms with van der Waals surface area (Å²) in [4.78, 5) is 24.2. The highest BCUT2D eigenvalue weighted by molar-refractivity contribution is 5.97. The Kier molecular flexibility index (Phi) is 6.64. The number of methoxy groups -OCH3 is 1. The number of benzene rings is 2. The monoisotopic (exact) mass is 383 g/mol. The first kappa shape index (κ1) is 20.1. The van der Waals surface area contributed by atoms with Crippen molar-refractivity contribution in [3.8, 4) is 11.5 Å². The molecule has 2 aromatic rings. The maximum atomic E-state index is 12.9. The van der Waals surface area contributed by atoms with Gasteiger partial charge in [-0.15, -0.1) is 0 Å². The van der Waals surface area contributed by atoms with Crippen molar-refractivity contribution < 1.29 is 37.0 Å². The molecular weight excluding hydrogens is 367 g/mol. The van der Waals surface area contributed by atoms with Crippen LogP contribution in [0.5, 0.6) is 11.5 Å². The van der Waals surface area contributed by atoms with Gasteiger partial charge in [0.05, 0.1) is 12.7 Å². The number of nitrogens with one attached hydrogen (secondary N) is 1. The normalized spacial score (nSPS) is 11.6. The minimum Gasteiger partial charge on any atom is -0.493 e. The number of ether oxygens (including phenoxy) is 3. The third-order valence-electron chi connectivity index (χ3n) is 3.38. The summed E-state index contributed by atoms with van der Waals surface area (Å²) >= 11 is 0. The fourth-order valence-electron chi connectivity index (χ4n) is 2.05. The van der Waals surface area contributed by atoms with E-state index in [1.807, 2.05) is 0 Å². The van der Waals surface area contributed by atoms with Crippen LogP contribution < -0.4 is 14.8 Å². The van der Waals surface area contributed by atoms with Gasteiger partial charge in [-0.3, -0.25) is 4.79 Å². The zero-order valence-corrected chi connectivity index (χ0v) is 14.4. The van der Waals surface area contributed by atoms with Crippen LogP contribution in [0.25, 0.3) is 0 Å². The number of anilines is 1. The molecule has 0 unspecified atom stereocenters. The van der Waals surface area contributed by atoms with E-state index >= 15 is 0 Å². The third kappa shape index (κ3) is 5.63. The quantitative estimate of drug-likeness (QED) is 0.740. The standard InChI is InChI=1S/C18H16F3NO5/c1-10(16(23)22-13-6-4-12(19)5-7-13)26-17(24)11-3-8-14(27-18(20)21)15(9-11)25-2/h3-10,18H,1-2H3,(H,22,23)/t10-/m1/s1. The van der Waals surface area contributed by atoms with Crippen molar-refractivity contribution in [3.05, 3.63) is 53.8 Å². The van der Waals surface area contributed by atoms with Crippen molar-refractivity contribution in [1.82, 2.24) is 0 Å². The van der Waals surface area contributed by atoms with E-state index in [2.05, 4.69) is 10.1 Å². The molecule has 0 heterocycles. The predicted molar refractivity (Wildman–Crippen MR) is 89.5 cm³/mol. The highest BCUT2D eigenvalue weighted by Crippen LogP contribution is 2.29. The molecule has 0 aliphatic carbocycles. The largest absolute Gasteiger partial charge is 0.493 e. The highest BCUT2D eigenvalue weighted by atomic mass is 19.3. The fourth-order valence-corrected chi connectivity index (χ4v) is 2.05. The van der Waals surface area contributed by atoms with Crippen molar-refractivity contribution in [1.29, 1.82) is 0 Å². The van der Waals surface area contributed by atoms with Crippen LogP contribution in [-0.2, 0) is 9.53 Å². The fraction of sp³-hybridized carbons (Fsp3) is 0.222. The number of carbonyl (C=O) groups is 2. The predicted octanol–water partition coefficient (Wildman–Crippen LogP) is 3.62. The maximum Gasteiger partial charge on any atom is 0.387 e. The Morgan fingerprint density at radius 3 is 2.30 bits per heavy atom. The lowest BCUT2D eigenvalue weighted by Gasteiger charge is -2.15. The smallest absolute Gasteiger partial charge is 0.387 e. The topological polar surface area (TPSA) is 73.9 Å². The van der Waals surface area contributed by atoms with Gasteiger partial charge < -0.3 is 19.5 Å². The molecule has 0 aromatic heterocycles. The molecule has 0 saturated heterocycles. The van der Waals surface area contributed by atoms with E-state index in [-0.39, 0.29) is 17.1 Å². The second-order valence-corrected chi connectivity index (χ2v) is 5.29. The Hall–Kier alpha value is -3.23. The van der Waals surface area contributed by atoms with E-state index in [0.29, 0.717) is 5.69 Å². The maximum absolute atomic E-state index is 12.9. The average Bonchev–Trinajstić information content (AvgIpc) is 2.63. The van der Waals surface area contributed by atoms with E-state index < -0.39 is 30.4 Å². The molecule has 2 rings (SSSR count). The van der Waals surface area contributed by atoms with Crippen molar-refractivity contribution in [2.45, 2.75) is 19.6 Å². The van der Waals surface area contributed by atoms with Gasteiger partial charge in [-0.05, 0) is 49.4 Å². The molecule has 1 atom stereocenters. The van der Waals surface area contributed by atoms with Crippen molar-refractivity contribution in [2.24, 2.45) is 0 Å². The number of hydrogen-bond acceptors (Lipinski definition) is 5. The molecule has 6 nitrogen and oxygen atoms in total. The first-order valence-electron chi connectivity index (χ1n) is 7.70. The molecule has 27 heavy (non-hydrogen) atoms. The summed E-state index contributed by atoms with van der Waals surface area (Å²) in [6, 6.07) is 8.54. The van der Waals surface area contributed by atoms with Gasteiger partial charge in [0.15, 0.2) is 17.6 Å². The van der Waals surface area contributed by atoms with Gasteiger partial charge in [-0.2, -0.15) is 8.78 Å². The van der Waals surface area contributed by atoms with E-state index in [0.717, 1.165) is 12.1 Å². The van der Waals surface area contributed by atoms with Crippen molar-refractivity contribution in [2.75, 3.05) is 12.4 Å². The molecule has 0 aliphatic rings. The summed E-state index contributed by atoms with van der Waals surface area (Å²) in [6.07, 6.45) is -1.16. The molecule has 1 N–H and O–H groups in total. The molecule has 0 saturated carbocycles. The summed E-state index contributed by atoms with van der Waals surface area (Å²) in [5.41, 5.74) is 0.314. The second-order valence-electron chi connectivity index (χ2n) is 5.29. The number of hydrogen-bond donors (Lipinski definition) is 1. The second kappa shape index (κ2) is 8.93. The van der Waals surface area contributed by atoms with E-state index in [4.69, 9.17) is 9.47 Å². The molecule has 1 amide bonds. The van der Waals surface area contributed by atoms with Crippen LogP contribution in [0.15, 0.2) is 42.5 Å². The van der Waals surface area contributed by atoms with Crippen molar-refractivity contribution in [3.63, 3.8) is 0 Å². The van der Waals surface area contributed by atoms with Crippen LogP contribution in [0.4, 0.5) is 18.9 Å². The summed E-state index contributed by atoms with van der Waals surface area (Å²) in [5.74, 6) is -2.28. The van der Waals surface area contributed by atoms with Crippen molar-refractivity contribution >= 4 is 17.6 Å². The van der Waals surface area contributed by atoms with Crippen LogP contribution >= 0.6 is 0 Å². The first-order valence-corrected chi connectivity index (χ1v) is 7.70. The molecule has 0 bridgehead atoms. The number of carbonyl (C=O) groups excluding carboxylic acids is 2. The van der Waals surface area contributed by atoms with Crippen LogP contribution in [0.3, 0.4) is 0 Å². The Bertz CT molecular complexity index is 811. The zero-order valence-electron chi connectivity index (χ0n) is 14.4. The lowest BCUT2D eigenvalue weighted by atomic mass is 10.2. The number of alkyl halides is 2. The average molecular weight is 383 g/mol. The Morgan fingerprint density at radius 2 is 1.70 bits per heavy atom. The van der Waals surface area contributed by atoms with E-state index in [9.17, 15) is 22.8 Å². The molecule has 144 valence electrons. The number of esters is 1. The van der Waals surface area contributed by atoms with Crippen LogP contribution in [0.1, 0.15) is 17.3 Å². The van der Waals surface area contributed by atoms with Gasteiger partial charge in [0, 0.05) is 5.69 Å². The number of amides is 1. The molecular formula is C18H16F3NO5. The number of halogens is 3. The molecule has 0 spiro atoms.